The molecule has 1 aliphatic rings. The second-order valence-electron chi connectivity index (χ2n) is 4.05. The Morgan fingerprint density at radius 2 is 2.25 bits per heavy atom. The molecule has 0 amide bonds. The highest BCUT2D eigenvalue weighted by Crippen LogP contribution is 2.27. The van der Waals surface area contributed by atoms with Crippen molar-refractivity contribution in [1.29, 1.82) is 0 Å². The largest absolute Gasteiger partial charge is 0.310 e. The van der Waals surface area contributed by atoms with Gasteiger partial charge in [-0.1, -0.05) is 18.2 Å². The molecule has 4 nitrogen and oxygen atoms in total. The van der Waals surface area contributed by atoms with Crippen LogP contribution in [0.4, 0.5) is 0 Å². The second kappa shape index (κ2) is 4.06. The summed E-state index contributed by atoms with van der Waals surface area (Å²) in [5, 5.41) is 7.71. The van der Waals surface area contributed by atoms with Gasteiger partial charge < -0.3 is 5.32 Å². The van der Waals surface area contributed by atoms with Gasteiger partial charge in [0.1, 0.15) is 12.7 Å². The van der Waals surface area contributed by atoms with Crippen LogP contribution in [0.3, 0.4) is 0 Å². The van der Waals surface area contributed by atoms with Gasteiger partial charge in [0.05, 0.1) is 5.69 Å². The van der Waals surface area contributed by atoms with Gasteiger partial charge >= 0.3 is 0 Å². The summed E-state index contributed by atoms with van der Waals surface area (Å²) < 4.78 is 1.83. The normalized spacial score (nSPS) is 20.1. The van der Waals surface area contributed by atoms with Crippen LogP contribution >= 0.6 is 0 Å². The van der Waals surface area contributed by atoms with Gasteiger partial charge in [-0.15, -0.1) is 0 Å². The summed E-state index contributed by atoms with van der Waals surface area (Å²) in [6, 6.07) is 8.83. The number of para-hydroxylation sites is 1. The predicted octanol–water partition coefficient (Wildman–Crippen LogP) is 1.69. The van der Waals surface area contributed by atoms with Gasteiger partial charge in [-0.05, 0) is 31.0 Å². The van der Waals surface area contributed by atoms with Crippen molar-refractivity contribution in [3.8, 4) is 5.69 Å². The zero-order chi connectivity index (χ0) is 10.8. The molecule has 2 heterocycles. The molecule has 0 radical (unpaired) electrons. The first kappa shape index (κ1) is 9.54. The van der Waals surface area contributed by atoms with Crippen molar-refractivity contribution >= 4 is 0 Å². The topological polar surface area (TPSA) is 42.7 Å². The first-order valence-corrected chi connectivity index (χ1v) is 5.62. The van der Waals surface area contributed by atoms with E-state index in [1.54, 1.807) is 12.7 Å². The molecular weight excluding hydrogens is 200 g/mol. The van der Waals surface area contributed by atoms with Crippen LogP contribution < -0.4 is 5.32 Å². The summed E-state index contributed by atoms with van der Waals surface area (Å²) in [6.07, 6.45) is 5.76. The number of benzene rings is 1. The Kier molecular flexibility index (Phi) is 2.42. The summed E-state index contributed by atoms with van der Waals surface area (Å²) in [7, 11) is 0. The van der Waals surface area contributed by atoms with Crippen molar-refractivity contribution in [2.75, 3.05) is 6.54 Å². The van der Waals surface area contributed by atoms with Crippen LogP contribution in [-0.4, -0.2) is 21.3 Å². The third-order valence-corrected chi connectivity index (χ3v) is 3.04. The minimum atomic E-state index is 0.459. The highest BCUT2D eigenvalue weighted by molar-refractivity contribution is 5.42. The maximum absolute atomic E-state index is 4.20. The van der Waals surface area contributed by atoms with E-state index in [0.29, 0.717) is 6.04 Å². The minimum Gasteiger partial charge on any atom is -0.310 e. The molecule has 0 aliphatic carbocycles. The van der Waals surface area contributed by atoms with Gasteiger partial charge in [-0.2, -0.15) is 5.10 Å². The van der Waals surface area contributed by atoms with E-state index in [4.69, 9.17) is 0 Å². The summed E-state index contributed by atoms with van der Waals surface area (Å²) in [5.41, 5.74) is 2.44. The molecule has 1 unspecified atom stereocenters. The van der Waals surface area contributed by atoms with Gasteiger partial charge in [0, 0.05) is 6.04 Å². The van der Waals surface area contributed by atoms with E-state index in [0.717, 1.165) is 12.2 Å². The Bertz CT molecular complexity index is 458. The number of nitrogens with zero attached hydrogens (tertiary/aromatic N) is 3. The van der Waals surface area contributed by atoms with Crippen molar-refractivity contribution in [1.82, 2.24) is 20.1 Å². The first-order chi connectivity index (χ1) is 7.95. The predicted molar refractivity (Wildman–Crippen MR) is 61.3 cm³/mol. The fourth-order valence-corrected chi connectivity index (χ4v) is 2.27. The molecule has 0 saturated carbocycles. The van der Waals surface area contributed by atoms with Crippen LogP contribution in [0.15, 0.2) is 36.9 Å². The molecule has 16 heavy (non-hydrogen) atoms. The summed E-state index contributed by atoms with van der Waals surface area (Å²) in [4.78, 5) is 4.00. The molecule has 1 saturated heterocycles. The fourth-order valence-electron chi connectivity index (χ4n) is 2.27. The lowest BCUT2D eigenvalue weighted by Crippen LogP contribution is -2.15. The second-order valence-corrected chi connectivity index (χ2v) is 4.05. The van der Waals surface area contributed by atoms with Crippen molar-refractivity contribution < 1.29 is 0 Å². The average Bonchev–Trinajstić information content (AvgIpc) is 3.03. The lowest BCUT2D eigenvalue weighted by atomic mass is 10.0. The molecule has 1 atom stereocenters. The average molecular weight is 214 g/mol. The molecule has 4 heteroatoms. The van der Waals surface area contributed by atoms with E-state index >= 15 is 0 Å². The molecule has 0 bridgehead atoms. The lowest BCUT2D eigenvalue weighted by Gasteiger charge is -2.15. The van der Waals surface area contributed by atoms with E-state index in [1.807, 2.05) is 10.7 Å². The van der Waals surface area contributed by atoms with Gasteiger partial charge in [-0.3, -0.25) is 0 Å². The zero-order valence-electron chi connectivity index (χ0n) is 9.00. The van der Waals surface area contributed by atoms with Gasteiger partial charge in [0.15, 0.2) is 0 Å². The number of nitrogens with one attached hydrogen (secondary N) is 1. The zero-order valence-corrected chi connectivity index (χ0v) is 9.00. The molecular formula is C12H14N4. The Balaban J connectivity index is 2.04. The highest BCUT2D eigenvalue weighted by atomic mass is 15.3. The molecule has 1 fully saturated rings. The van der Waals surface area contributed by atoms with Crippen LogP contribution in [0, 0.1) is 0 Å². The van der Waals surface area contributed by atoms with E-state index in [1.165, 1.54) is 18.4 Å². The molecule has 1 N–H and O–H groups in total. The summed E-state index contributed by atoms with van der Waals surface area (Å²) in [5.74, 6) is 0. The maximum atomic E-state index is 4.20. The monoisotopic (exact) mass is 214 g/mol. The lowest BCUT2D eigenvalue weighted by molar-refractivity contribution is 0.639. The van der Waals surface area contributed by atoms with E-state index in [9.17, 15) is 0 Å². The Labute approximate surface area is 94.3 Å². The van der Waals surface area contributed by atoms with Crippen molar-refractivity contribution in [3.05, 3.63) is 42.5 Å². The summed E-state index contributed by atoms with van der Waals surface area (Å²) in [6.45, 7) is 1.11. The van der Waals surface area contributed by atoms with Crippen molar-refractivity contribution in [3.63, 3.8) is 0 Å². The molecule has 1 aromatic heterocycles. The molecule has 2 aromatic rings. The van der Waals surface area contributed by atoms with Crippen LogP contribution in [-0.2, 0) is 0 Å². The third kappa shape index (κ3) is 1.61. The van der Waals surface area contributed by atoms with Gasteiger partial charge in [-0.25, -0.2) is 9.67 Å². The van der Waals surface area contributed by atoms with Crippen molar-refractivity contribution in [2.24, 2.45) is 0 Å². The molecule has 1 aromatic carbocycles. The molecule has 3 rings (SSSR count). The third-order valence-electron chi connectivity index (χ3n) is 3.04. The van der Waals surface area contributed by atoms with E-state index in [2.05, 4.69) is 33.6 Å². The highest BCUT2D eigenvalue weighted by Gasteiger charge is 2.19. The molecule has 0 spiro atoms. The fraction of sp³-hybridized carbons (Fsp3) is 0.333. The van der Waals surface area contributed by atoms with E-state index < -0.39 is 0 Å². The van der Waals surface area contributed by atoms with Crippen LogP contribution in [0.1, 0.15) is 24.4 Å². The Morgan fingerprint density at radius 3 is 3.00 bits per heavy atom. The number of aromatic nitrogens is 3. The Morgan fingerprint density at radius 1 is 1.31 bits per heavy atom. The smallest absolute Gasteiger partial charge is 0.138 e. The SMILES string of the molecule is c1ccc(-n2cncn2)c(C2CCCN2)c1. The standard InChI is InChI=1S/C12H14N4/c1-2-6-12(16-9-13-8-15-16)10(4-1)11-5-3-7-14-11/h1-2,4,6,8-9,11,14H,3,5,7H2. The van der Waals surface area contributed by atoms with Crippen LogP contribution in [0.2, 0.25) is 0 Å². The number of rotatable bonds is 2. The van der Waals surface area contributed by atoms with Gasteiger partial charge in [0.2, 0.25) is 0 Å². The van der Waals surface area contributed by atoms with Crippen molar-refractivity contribution in [2.45, 2.75) is 18.9 Å². The molecule has 82 valence electrons. The first-order valence-electron chi connectivity index (χ1n) is 5.62. The number of hydrogen-bond donors (Lipinski definition) is 1. The minimum absolute atomic E-state index is 0.459. The quantitative estimate of drug-likeness (QED) is 0.827. The molecule has 1 aliphatic heterocycles. The van der Waals surface area contributed by atoms with Gasteiger partial charge in [0.25, 0.3) is 0 Å². The Hall–Kier alpha value is -1.68. The summed E-state index contributed by atoms with van der Waals surface area (Å²) >= 11 is 0. The number of hydrogen-bond acceptors (Lipinski definition) is 3. The maximum Gasteiger partial charge on any atom is 0.138 e. The van der Waals surface area contributed by atoms with E-state index in [-0.39, 0.29) is 0 Å². The van der Waals surface area contributed by atoms with Crippen LogP contribution in [0.5, 0.6) is 0 Å². The van der Waals surface area contributed by atoms with Crippen LogP contribution in [0.25, 0.3) is 5.69 Å².